The van der Waals surface area contributed by atoms with Gasteiger partial charge in [0.15, 0.2) is 0 Å². The molecule has 108 valence electrons. The molecule has 2 aromatic rings. The Morgan fingerprint density at radius 3 is 2.75 bits per heavy atom. The number of ether oxygens (including phenoxy) is 1. The van der Waals surface area contributed by atoms with E-state index in [9.17, 15) is 0 Å². The number of rotatable bonds is 5. The van der Waals surface area contributed by atoms with Crippen LogP contribution in [0, 0.1) is 5.92 Å². The molecule has 1 unspecified atom stereocenters. The second-order valence-corrected chi connectivity index (χ2v) is 5.32. The first kappa shape index (κ1) is 14.8. The summed E-state index contributed by atoms with van der Waals surface area (Å²) >= 11 is 5.94. The fraction of sp³-hybridized carbons (Fsp3) is 0.429. The van der Waals surface area contributed by atoms with Crippen molar-refractivity contribution < 1.29 is 9.26 Å². The molecule has 20 heavy (non-hydrogen) atoms. The SMILES string of the molecule is COc1cc(Cl)ccc1-c1noc(C(CN)C(C)C)n1. The van der Waals surface area contributed by atoms with E-state index in [1.165, 1.54) is 0 Å². The number of aromatic nitrogens is 2. The number of methoxy groups -OCH3 is 1. The summed E-state index contributed by atoms with van der Waals surface area (Å²) in [4.78, 5) is 4.43. The van der Waals surface area contributed by atoms with E-state index in [1.54, 1.807) is 19.2 Å². The van der Waals surface area contributed by atoms with E-state index in [0.29, 0.717) is 34.9 Å². The van der Waals surface area contributed by atoms with Crippen LogP contribution in [0.3, 0.4) is 0 Å². The molecule has 1 aromatic heterocycles. The van der Waals surface area contributed by atoms with E-state index >= 15 is 0 Å². The average molecular weight is 296 g/mol. The fourth-order valence-electron chi connectivity index (χ4n) is 2.00. The van der Waals surface area contributed by atoms with Crippen LogP contribution in [0.2, 0.25) is 5.02 Å². The van der Waals surface area contributed by atoms with Crippen LogP contribution in [-0.4, -0.2) is 23.8 Å². The van der Waals surface area contributed by atoms with E-state index in [0.717, 1.165) is 5.56 Å². The Morgan fingerprint density at radius 2 is 2.15 bits per heavy atom. The molecule has 6 heteroatoms. The van der Waals surface area contributed by atoms with Crippen LogP contribution in [0.5, 0.6) is 5.75 Å². The normalized spacial score (nSPS) is 12.7. The first-order valence-corrected chi connectivity index (χ1v) is 6.82. The molecule has 0 aliphatic carbocycles. The highest BCUT2D eigenvalue weighted by Crippen LogP contribution is 2.32. The van der Waals surface area contributed by atoms with Crippen molar-refractivity contribution in [1.29, 1.82) is 0 Å². The number of hydrogen-bond acceptors (Lipinski definition) is 5. The van der Waals surface area contributed by atoms with Gasteiger partial charge < -0.3 is 15.0 Å². The van der Waals surface area contributed by atoms with Gasteiger partial charge in [0.05, 0.1) is 18.6 Å². The highest BCUT2D eigenvalue weighted by Gasteiger charge is 2.22. The van der Waals surface area contributed by atoms with Gasteiger partial charge in [0.1, 0.15) is 5.75 Å². The minimum atomic E-state index is 0.0505. The van der Waals surface area contributed by atoms with Crippen molar-refractivity contribution in [2.24, 2.45) is 11.7 Å². The Kier molecular flexibility index (Phi) is 4.62. The molecule has 1 aromatic carbocycles. The lowest BCUT2D eigenvalue weighted by Gasteiger charge is -2.13. The molecule has 0 amide bonds. The molecule has 0 aliphatic rings. The summed E-state index contributed by atoms with van der Waals surface area (Å²) in [6, 6.07) is 5.29. The van der Waals surface area contributed by atoms with Crippen molar-refractivity contribution >= 4 is 11.6 Å². The Balaban J connectivity index is 2.38. The molecule has 0 bridgehead atoms. The molecule has 0 spiro atoms. The maximum Gasteiger partial charge on any atom is 0.231 e. The van der Waals surface area contributed by atoms with Crippen LogP contribution in [0.25, 0.3) is 11.4 Å². The molecular weight excluding hydrogens is 278 g/mol. The molecule has 0 radical (unpaired) electrons. The van der Waals surface area contributed by atoms with Crippen molar-refractivity contribution in [2.45, 2.75) is 19.8 Å². The minimum absolute atomic E-state index is 0.0505. The zero-order chi connectivity index (χ0) is 14.7. The third kappa shape index (κ3) is 2.94. The number of halogens is 1. The molecular formula is C14H18ClN3O2. The Hall–Kier alpha value is -1.59. The van der Waals surface area contributed by atoms with E-state index in [-0.39, 0.29) is 5.92 Å². The molecule has 5 nitrogen and oxygen atoms in total. The van der Waals surface area contributed by atoms with Crippen LogP contribution in [0.1, 0.15) is 25.7 Å². The summed E-state index contributed by atoms with van der Waals surface area (Å²) < 4.78 is 10.6. The van der Waals surface area contributed by atoms with Crippen LogP contribution < -0.4 is 10.5 Å². The summed E-state index contributed by atoms with van der Waals surface area (Å²) in [5.74, 6) is 2.02. The van der Waals surface area contributed by atoms with Gasteiger partial charge in [-0.2, -0.15) is 4.98 Å². The van der Waals surface area contributed by atoms with Crippen molar-refractivity contribution in [2.75, 3.05) is 13.7 Å². The Morgan fingerprint density at radius 1 is 1.40 bits per heavy atom. The summed E-state index contributed by atoms with van der Waals surface area (Å²) in [5.41, 5.74) is 6.50. The third-order valence-electron chi connectivity index (χ3n) is 3.22. The van der Waals surface area contributed by atoms with Crippen molar-refractivity contribution in [1.82, 2.24) is 10.1 Å². The van der Waals surface area contributed by atoms with Gasteiger partial charge in [-0.3, -0.25) is 0 Å². The first-order valence-electron chi connectivity index (χ1n) is 6.44. The largest absolute Gasteiger partial charge is 0.496 e. The van der Waals surface area contributed by atoms with E-state index < -0.39 is 0 Å². The summed E-state index contributed by atoms with van der Waals surface area (Å²) in [6.07, 6.45) is 0. The number of nitrogens with zero attached hydrogens (tertiary/aromatic N) is 2. The first-order chi connectivity index (χ1) is 9.56. The van der Waals surface area contributed by atoms with Crippen LogP contribution in [0.4, 0.5) is 0 Å². The predicted octanol–water partition coefficient (Wildman–Crippen LogP) is 3.10. The smallest absolute Gasteiger partial charge is 0.231 e. The van der Waals surface area contributed by atoms with Crippen molar-refractivity contribution in [3.8, 4) is 17.1 Å². The lowest BCUT2D eigenvalue weighted by Crippen LogP contribution is -2.18. The van der Waals surface area contributed by atoms with E-state index in [1.807, 2.05) is 6.07 Å². The van der Waals surface area contributed by atoms with Gasteiger partial charge in [-0.25, -0.2) is 0 Å². The van der Waals surface area contributed by atoms with Crippen LogP contribution in [-0.2, 0) is 0 Å². The second kappa shape index (κ2) is 6.24. The van der Waals surface area contributed by atoms with Crippen molar-refractivity contribution in [3.63, 3.8) is 0 Å². The molecule has 0 fully saturated rings. The highest BCUT2D eigenvalue weighted by molar-refractivity contribution is 6.30. The van der Waals surface area contributed by atoms with Crippen LogP contribution >= 0.6 is 11.6 Å². The zero-order valence-electron chi connectivity index (χ0n) is 11.8. The number of hydrogen-bond donors (Lipinski definition) is 1. The quantitative estimate of drug-likeness (QED) is 0.917. The number of nitrogens with two attached hydrogens (primary N) is 1. The monoisotopic (exact) mass is 295 g/mol. The van der Waals surface area contributed by atoms with Gasteiger partial charge in [-0.15, -0.1) is 0 Å². The zero-order valence-corrected chi connectivity index (χ0v) is 12.5. The van der Waals surface area contributed by atoms with Gasteiger partial charge >= 0.3 is 0 Å². The summed E-state index contributed by atoms with van der Waals surface area (Å²) in [5, 5.41) is 4.61. The molecule has 0 saturated heterocycles. The Bertz CT molecular complexity index is 584. The van der Waals surface area contributed by atoms with Crippen LogP contribution in [0.15, 0.2) is 22.7 Å². The second-order valence-electron chi connectivity index (χ2n) is 4.89. The Labute approximate surface area is 123 Å². The van der Waals surface area contributed by atoms with Gasteiger partial charge in [0.25, 0.3) is 0 Å². The molecule has 1 heterocycles. The van der Waals surface area contributed by atoms with Gasteiger partial charge in [-0.1, -0.05) is 30.6 Å². The topological polar surface area (TPSA) is 74.2 Å². The molecule has 0 aliphatic heterocycles. The van der Waals surface area contributed by atoms with E-state index in [4.69, 9.17) is 26.6 Å². The molecule has 2 N–H and O–H groups in total. The maximum atomic E-state index is 5.94. The third-order valence-corrected chi connectivity index (χ3v) is 3.46. The highest BCUT2D eigenvalue weighted by atomic mass is 35.5. The average Bonchev–Trinajstić information content (AvgIpc) is 2.88. The molecule has 0 saturated carbocycles. The maximum absolute atomic E-state index is 5.94. The van der Waals surface area contributed by atoms with Crippen molar-refractivity contribution in [3.05, 3.63) is 29.1 Å². The lowest BCUT2D eigenvalue weighted by molar-refractivity contribution is 0.324. The standard InChI is InChI=1S/C14H18ClN3O2/c1-8(2)11(7-16)14-17-13(18-20-14)10-5-4-9(15)6-12(10)19-3/h4-6,8,11H,7,16H2,1-3H3. The number of benzene rings is 1. The lowest BCUT2D eigenvalue weighted by atomic mass is 9.96. The van der Waals surface area contributed by atoms with Gasteiger partial charge in [0.2, 0.25) is 11.7 Å². The fourth-order valence-corrected chi connectivity index (χ4v) is 2.17. The molecule has 1 atom stereocenters. The molecule has 2 rings (SSSR count). The van der Waals surface area contributed by atoms with E-state index in [2.05, 4.69) is 24.0 Å². The predicted molar refractivity (Wildman–Crippen MR) is 77.9 cm³/mol. The van der Waals surface area contributed by atoms with Gasteiger partial charge in [0, 0.05) is 11.6 Å². The summed E-state index contributed by atoms with van der Waals surface area (Å²) in [6.45, 7) is 4.62. The van der Waals surface area contributed by atoms with Gasteiger partial charge in [-0.05, 0) is 24.1 Å². The summed E-state index contributed by atoms with van der Waals surface area (Å²) in [7, 11) is 1.58. The minimum Gasteiger partial charge on any atom is -0.496 e.